The Bertz CT molecular complexity index is 4510. The highest BCUT2D eigenvalue weighted by Crippen LogP contribution is 2.65. The number of fused-ring (bicyclic) bond motifs is 3. The number of pyridine rings is 5. The van der Waals surface area contributed by atoms with Crippen molar-refractivity contribution in [1.29, 1.82) is 0 Å². The van der Waals surface area contributed by atoms with Crippen LogP contribution >= 0.6 is 23.2 Å². The Labute approximate surface area is 723 Å². The number of aliphatic hydroxyl groups excluding tert-OH is 1. The normalized spacial score (nSPS) is 28.4. The molecule has 0 saturated heterocycles. The first-order valence-electron chi connectivity index (χ1n) is 43.2. The Morgan fingerprint density at radius 2 is 0.901 bits per heavy atom. The number of hydrogen-bond donors (Lipinski definition) is 3. The lowest BCUT2D eigenvalue weighted by atomic mass is 9.47. The number of nitrogens with one attached hydrogen (secondary N) is 2. The summed E-state index contributed by atoms with van der Waals surface area (Å²) < 4.78 is 52.7. The first-order valence-corrected chi connectivity index (χ1v) is 45.0. The molecule has 0 bridgehead atoms. The van der Waals surface area contributed by atoms with Crippen LogP contribution < -0.4 is 10.0 Å². The molecule has 25 nitrogen and oxygen atoms in total. The van der Waals surface area contributed by atoms with Crippen molar-refractivity contribution in [2.24, 2.45) is 86.3 Å². The third kappa shape index (κ3) is 26.2. The topological polar surface area (TPSA) is 358 Å². The zero-order valence-electron chi connectivity index (χ0n) is 71.2. The zero-order valence-corrected chi connectivity index (χ0v) is 73.5. The highest BCUT2D eigenvalue weighted by Gasteiger charge is 2.59. The molecule has 10 saturated carbocycles. The van der Waals surface area contributed by atoms with Gasteiger partial charge in [-0.1, -0.05) is 29.8 Å². The summed E-state index contributed by atoms with van der Waals surface area (Å²) >= 11 is 6.76. The fourth-order valence-corrected chi connectivity index (χ4v) is 20.4. The van der Waals surface area contributed by atoms with Crippen LogP contribution in [0.4, 0.5) is 11.5 Å². The van der Waals surface area contributed by atoms with Gasteiger partial charge in [-0.05, 0) is 356 Å². The van der Waals surface area contributed by atoms with E-state index in [1.807, 2.05) is 110 Å². The molecule has 11 aliphatic rings. The van der Waals surface area contributed by atoms with Crippen LogP contribution in [0, 0.1) is 100 Å². The molecular weight excluding hydrogens is 1610 g/mol. The lowest BCUT2D eigenvalue weighted by Crippen LogP contribution is -2.52. The van der Waals surface area contributed by atoms with E-state index in [2.05, 4.69) is 83.5 Å². The summed E-state index contributed by atoms with van der Waals surface area (Å²) in [7, 11) is 0. The van der Waals surface area contributed by atoms with Gasteiger partial charge in [0, 0.05) is 70.6 Å². The van der Waals surface area contributed by atoms with Crippen molar-refractivity contribution in [1.82, 2.24) is 24.9 Å². The fraction of sp³-hybridized carbons (Fsp3) is 0.591. The maximum Gasteiger partial charge on any atom is 0.308 e. The average molecular weight is 1730 g/mol. The number of esters is 6. The van der Waals surface area contributed by atoms with Gasteiger partial charge >= 0.3 is 46.3 Å². The molecule has 3 N–H and O–H groups in total. The molecular formula is C93H120Cl2N7O18S-. The van der Waals surface area contributed by atoms with Crippen LogP contribution in [0.25, 0.3) is 28.1 Å². The van der Waals surface area contributed by atoms with Gasteiger partial charge in [0.05, 0.1) is 80.8 Å². The molecule has 1 atom stereocenters. The SMILES string of the molecule is CCOC(=O)C1CC2(C1)CC(C(=O)OCC)C2.CCOC(=O)C1CC2(CC(/C=C/c3ccc4cccnc4n3)C2)C1.CCOC(=O)C1CC2(CC(C=O)C2)C1.CCOC(=O)C1CC2(CC(CCc3ccc4c(n3)NCCC4)C2)C1.CCOC(=O)C1CC2(CC(CO)C2)C1.Cc1ccc(NS(=O)[O-])cc1.Cc1ccc2cccnc2n1.O=C(Cl)C(=O)Cl. The number of halogens is 2. The molecule has 0 radical (unpaired) electrons. The second kappa shape index (κ2) is 44.1. The van der Waals surface area contributed by atoms with Crippen LogP contribution in [0.2, 0.25) is 0 Å². The third-order valence-electron chi connectivity index (χ3n) is 25.8. The van der Waals surface area contributed by atoms with E-state index in [0.717, 1.165) is 179 Å². The van der Waals surface area contributed by atoms with Gasteiger partial charge in [0.1, 0.15) is 12.1 Å². The number of rotatable bonds is 22. The standard InChI is InChI=1S/C20H28N2O2.C20H22N2O2.C13H20O4.C11H18O3.C11H16O3.C9H8N2.C7H9NO2S.C2Cl2O2/c2*1-2-24-19(23)16-12-20(13-16)10-14(11-20)5-7-17-8-6-15-4-3-9-21-18(15)22-17;1-3-16-11(14)9-5-13(6-9)7-10(8-13)12(15)17-4-2;2*1-2-14-10(13)9-5-11(6-9)3-8(4-11)7-12;1-7-4-5-8-3-2-6-10-9(8)11-7;1-6-2-4-7(5-3-6)8-11(9)10;3-1(5)2(4)6/h6,8,14,16H,2-5,7,9-13H2,1H3,(H,21,22);3-9,14,16H,2,10-13H2,1H3;9-10H,3-8H2,1-2H3;8-9,12H,2-7H2,1H3;7-9H,2-6H2,1H3;2-6H,1H3;2-5,8H,1H3,(H,9,10);/p-1/b;7-5+;;;;;;. The Hall–Kier alpha value is -8.69. The lowest BCUT2D eigenvalue weighted by Gasteiger charge is -2.57. The maximum absolute atomic E-state index is 11.7. The van der Waals surface area contributed by atoms with E-state index in [4.69, 9.17) is 38.5 Å². The average Bonchev–Trinajstić information content (AvgIpc) is 0.750. The van der Waals surface area contributed by atoms with Crippen LogP contribution in [0.1, 0.15) is 211 Å². The van der Waals surface area contributed by atoms with Gasteiger partial charge in [0.2, 0.25) is 0 Å². The molecule has 1 aromatic carbocycles. The van der Waals surface area contributed by atoms with Crippen molar-refractivity contribution in [3.05, 3.63) is 132 Å². The van der Waals surface area contributed by atoms with Crippen LogP contribution in [-0.4, -0.2) is 144 Å². The number of aldehydes is 1. The van der Waals surface area contributed by atoms with Gasteiger partial charge < -0.3 is 52.9 Å². The molecule has 6 heterocycles. The summed E-state index contributed by atoms with van der Waals surface area (Å²) in [6.45, 7) is 19.2. The smallest absolute Gasteiger partial charge is 0.308 e. The minimum atomic E-state index is -2.22. The molecule has 10 fully saturated rings. The Morgan fingerprint density at radius 1 is 0.504 bits per heavy atom. The molecule has 6 aromatic rings. The molecule has 28 heteroatoms. The van der Waals surface area contributed by atoms with Crippen LogP contribution in [0.3, 0.4) is 0 Å². The summed E-state index contributed by atoms with van der Waals surface area (Å²) in [5, 5.41) is 12.2. The Kier molecular flexibility index (Phi) is 34.4. The number of hydrogen-bond acceptors (Lipinski definition) is 24. The highest BCUT2D eigenvalue weighted by atomic mass is 35.5. The van der Waals surface area contributed by atoms with Crippen molar-refractivity contribution in [2.45, 2.75) is 209 Å². The van der Waals surface area contributed by atoms with Crippen molar-refractivity contribution in [3.8, 4) is 0 Å². The van der Waals surface area contributed by atoms with E-state index >= 15 is 0 Å². The van der Waals surface area contributed by atoms with E-state index in [1.165, 1.54) is 49.8 Å². The van der Waals surface area contributed by atoms with Crippen LogP contribution in [0.5, 0.6) is 0 Å². The molecule has 1 aliphatic heterocycles. The van der Waals surface area contributed by atoms with E-state index in [-0.39, 0.29) is 82.7 Å². The molecule has 5 spiro atoms. The molecule has 17 rings (SSSR count). The molecule has 5 aromatic heterocycles. The number of carbonyl (C=O) groups is 9. The predicted molar refractivity (Wildman–Crippen MR) is 460 cm³/mol. The van der Waals surface area contributed by atoms with E-state index in [1.54, 1.807) is 24.5 Å². The van der Waals surface area contributed by atoms with Gasteiger partial charge in [0.15, 0.2) is 11.3 Å². The number of nitrogens with zero attached hydrogens (tertiary/aromatic N) is 5. The molecule has 656 valence electrons. The third-order valence-corrected chi connectivity index (χ3v) is 26.6. The number of ether oxygens (including phenoxy) is 6. The summed E-state index contributed by atoms with van der Waals surface area (Å²) in [5.74, 6) is 3.82. The second-order valence-corrected chi connectivity index (χ2v) is 36.5. The van der Waals surface area contributed by atoms with E-state index in [9.17, 15) is 51.9 Å². The monoisotopic (exact) mass is 1720 g/mol. The number of benzene rings is 1. The first-order chi connectivity index (χ1) is 58.0. The van der Waals surface area contributed by atoms with Gasteiger partial charge in [-0.2, -0.15) is 0 Å². The molecule has 0 amide bonds. The fourth-order valence-electron chi connectivity index (χ4n) is 20.1. The quantitative estimate of drug-likeness (QED) is 0.0142. The Balaban J connectivity index is 0.000000149. The van der Waals surface area contributed by atoms with Crippen molar-refractivity contribution in [2.75, 3.05) is 62.8 Å². The van der Waals surface area contributed by atoms with Crippen molar-refractivity contribution in [3.63, 3.8) is 0 Å². The summed E-state index contributed by atoms with van der Waals surface area (Å²) in [6.07, 6.45) is 34.4. The largest absolute Gasteiger partial charge is 0.755 e. The van der Waals surface area contributed by atoms with Gasteiger partial charge in [-0.25, -0.2) is 24.9 Å². The van der Waals surface area contributed by atoms with Crippen LogP contribution in [-0.2, 0) is 95.7 Å². The van der Waals surface area contributed by atoms with Gasteiger partial charge in [-0.3, -0.25) is 42.6 Å². The number of anilines is 2. The maximum atomic E-state index is 11.7. The number of carbonyl (C=O) groups excluding carboxylic acids is 9. The van der Waals surface area contributed by atoms with Crippen LogP contribution in [0.15, 0.2) is 103 Å². The van der Waals surface area contributed by atoms with E-state index in [0.29, 0.717) is 85.4 Å². The first kappa shape index (κ1) is 94.6. The number of aliphatic hydroxyl groups is 1. The molecule has 1 unspecified atom stereocenters. The summed E-state index contributed by atoms with van der Waals surface area (Å²) in [5.41, 5.74) is 9.75. The van der Waals surface area contributed by atoms with Crippen molar-refractivity contribution >= 4 is 127 Å². The minimum Gasteiger partial charge on any atom is -0.755 e. The number of aromatic nitrogens is 5. The Morgan fingerprint density at radius 3 is 1.31 bits per heavy atom. The minimum absolute atomic E-state index is 0.00465. The molecule has 121 heavy (non-hydrogen) atoms. The van der Waals surface area contributed by atoms with Crippen molar-refractivity contribution < 1.29 is 85.4 Å². The second-order valence-electron chi connectivity index (χ2n) is 35.1. The predicted octanol–water partition coefficient (Wildman–Crippen LogP) is 16.2. The zero-order chi connectivity index (χ0) is 87.1. The highest BCUT2D eigenvalue weighted by molar-refractivity contribution is 7.80. The molecule has 10 aliphatic carbocycles. The number of aryl methyl sites for hydroxylation is 4. The summed E-state index contributed by atoms with van der Waals surface area (Å²) in [4.78, 5) is 120. The number of allylic oxidation sites excluding steroid dienone is 1. The van der Waals surface area contributed by atoms with Gasteiger partial charge in [-0.15, -0.1) is 0 Å². The van der Waals surface area contributed by atoms with E-state index < -0.39 is 21.8 Å². The lowest BCUT2D eigenvalue weighted by molar-refractivity contribution is -0.174. The summed E-state index contributed by atoms with van der Waals surface area (Å²) in [6, 6.07) is 27.6. The van der Waals surface area contributed by atoms with Gasteiger partial charge in [0.25, 0.3) is 0 Å².